The van der Waals surface area contributed by atoms with Crippen LogP contribution >= 0.6 is 0 Å². The van der Waals surface area contributed by atoms with E-state index < -0.39 is 0 Å². The minimum atomic E-state index is -0.0793. The average molecular weight is 355 g/mol. The van der Waals surface area contributed by atoms with Gasteiger partial charge in [-0.1, -0.05) is 12.1 Å². The van der Waals surface area contributed by atoms with Crippen molar-refractivity contribution in [1.29, 1.82) is 0 Å². The Hall–Kier alpha value is -2.67. The fourth-order valence-electron chi connectivity index (χ4n) is 3.28. The summed E-state index contributed by atoms with van der Waals surface area (Å²) in [7, 11) is 1.63. The van der Waals surface area contributed by atoms with Gasteiger partial charge in [0.1, 0.15) is 18.0 Å². The van der Waals surface area contributed by atoms with E-state index in [9.17, 15) is 9.90 Å². The van der Waals surface area contributed by atoms with E-state index in [1.807, 2.05) is 24.3 Å². The van der Waals surface area contributed by atoms with Crippen molar-refractivity contribution >= 4 is 17.5 Å². The standard InChI is InChI=1S/C19H25N5O2/c1-20-19(26)15-5-2-4-14(10-15)7-8-21-17-11-18(23-13-22-17)24-9-3-6-16(24)12-25/h2,4-5,10-11,13,16,25H,3,6-9,12H2,1H3,(H,20,26)(H,21,22,23). The van der Waals surface area contributed by atoms with Gasteiger partial charge in [0.05, 0.1) is 12.6 Å². The lowest BCUT2D eigenvalue weighted by Crippen LogP contribution is -2.32. The van der Waals surface area contributed by atoms with Crippen molar-refractivity contribution in [2.75, 3.05) is 37.0 Å². The zero-order chi connectivity index (χ0) is 18.4. The molecule has 1 aliphatic rings. The molecule has 0 spiro atoms. The molecule has 0 saturated carbocycles. The number of carbonyl (C=O) groups excluding carboxylic acids is 1. The highest BCUT2D eigenvalue weighted by Gasteiger charge is 2.25. The third kappa shape index (κ3) is 4.29. The Balaban J connectivity index is 1.59. The zero-order valence-corrected chi connectivity index (χ0v) is 15.0. The van der Waals surface area contributed by atoms with E-state index >= 15 is 0 Å². The van der Waals surface area contributed by atoms with E-state index in [2.05, 4.69) is 25.5 Å². The first-order chi connectivity index (χ1) is 12.7. The zero-order valence-electron chi connectivity index (χ0n) is 15.0. The van der Waals surface area contributed by atoms with Gasteiger partial charge < -0.3 is 20.6 Å². The van der Waals surface area contributed by atoms with E-state index in [0.29, 0.717) is 12.1 Å². The number of aliphatic hydroxyl groups is 1. The molecule has 1 aromatic carbocycles. The van der Waals surface area contributed by atoms with Gasteiger partial charge >= 0.3 is 0 Å². The van der Waals surface area contributed by atoms with Crippen LogP contribution < -0.4 is 15.5 Å². The van der Waals surface area contributed by atoms with Gasteiger partial charge in [-0.15, -0.1) is 0 Å². The number of rotatable bonds is 7. The Morgan fingerprint density at radius 1 is 1.35 bits per heavy atom. The molecule has 3 N–H and O–H groups in total. The largest absolute Gasteiger partial charge is 0.394 e. The van der Waals surface area contributed by atoms with Crippen molar-refractivity contribution in [2.24, 2.45) is 0 Å². The number of nitrogens with zero attached hydrogens (tertiary/aromatic N) is 3. The molecule has 1 aromatic heterocycles. The third-order valence-corrected chi connectivity index (χ3v) is 4.67. The summed E-state index contributed by atoms with van der Waals surface area (Å²) >= 11 is 0. The lowest BCUT2D eigenvalue weighted by Gasteiger charge is -2.24. The van der Waals surface area contributed by atoms with Crippen molar-refractivity contribution in [1.82, 2.24) is 15.3 Å². The Morgan fingerprint density at radius 2 is 2.23 bits per heavy atom. The van der Waals surface area contributed by atoms with Gasteiger partial charge in [-0.3, -0.25) is 4.79 Å². The first-order valence-corrected chi connectivity index (χ1v) is 8.95. The number of hydrogen-bond donors (Lipinski definition) is 3. The molecule has 7 heteroatoms. The van der Waals surface area contributed by atoms with Crippen LogP contribution in [-0.4, -0.2) is 53.8 Å². The van der Waals surface area contributed by atoms with Crippen LogP contribution in [0.25, 0.3) is 0 Å². The van der Waals surface area contributed by atoms with Crippen LogP contribution in [0.3, 0.4) is 0 Å². The predicted octanol–water partition coefficient (Wildman–Crippen LogP) is 1.45. The molecule has 26 heavy (non-hydrogen) atoms. The lowest BCUT2D eigenvalue weighted by molar-refractivity contribution is 0.0963. The molecule has 1 atom stereocenters. The molecule has 1 saturated heterocycles. The quantitative estimate of drug-likeness (QED) is 0.696. The summed E-state index contributed by atoms with van der Waals surface area (Å²) in [5, 5.41) is 15.4. The maximum Gasteiger partial charge on any atom is 0.251 e. The molecule has 1 unspecified atom stereocenters. The minimum absolute atomic E-state index is 0.0793. The van der Waals surface area contributed by atoms with Gasteiger partial charge in [-0.25, -0.2) is 9.97 Å². The number of hydrogen-bond acceptors (Lipinski definition) is 6. The number of aromatic nitrogens is 2. The molecule has 7 nitrogen and oxygen atoms in total. The number of carbonyl (C=O) groups is 1. The van der Waals surface area contributed by atoms with Crippen molar-refractivity contribution in [3.8, 4) is 0 Å². The Morgan fingerprint density at radius 3 is 3.04 bits per heavy atom. The normalized spacial score (nSPS) is 16.5. The molecule has 0 radical (unpaired) electrons. The molecule has 0 bridgehead atoms. The first kappa shape index (κ1) is 18.1. The molecule has 138 valence electrons. The highest BCUT2D eigenvalue weighted by molar-refractivity contribution is 5.94. The highest BCUT2D eigenvalue weighted by Crippen LogP contribution is 2.24. The maximum atomic E-state index is 11.7. The van der Waals surface area contributed by atoms with Gasteiger partial charge in [0.2, 0.25) is 0 Å². The van der Waals surface area contributed by atoms with E-state index in [4.69, 9.17) is 0 Å². The fraction of sp³-hybridized carbons (Fsp3) is 0.421. The summed E-state index contributed by atoms with van der Waals surface area (Å²) in [6, 6.07) is 9.68. The van der Waals surface area contributed by atoms with E-state index in [1.54, 1.807) is 19.4 Å². The predicted molar refractivity (Wildman–Crippen MR) is 102 cm³/mol. The van der Waals surface area contributed by atoms with Crippen LogP contribution in [0.2, 0.25) is 0 Å². The monoisotopic (exact) mass is 355 g/mol. The summed E-state index contributed by atoms with van der Waals surface area (Å²) in [6.45, 7) is 1.76. The smallest absolute Gasteiger partial charge is 0.251 e. The van der Waals surface area contributed by atoms with Crippen LogP contribution in [0.4, 0.5) is 11.6 Å². The Labute approximate surface area is 153 Å². The van der Waals surface area contributed by atoms with Gasteiger partial charge in [0.25, 0.3) is 5.91 Å². The Bertz CT molecular complexity index is 752. The molecule has 0 aliphatic carbocycles. The molecule has 2 aromatic rings. The Kier molecular flexibility index (Phi) is 6.01. The summed E-state index contributed by atoms with van der Waals surface area (Å²) < 4.78 is 0. The first-order valence-electron chi connectivity index (χ1n) is 8.95. The number of anilines is 2. The van der Waals surface area contributed by atoms with E-state index in [1.165, 1.54) is 0 Å². The van der Waals surface area contributed by atoms with Crippen molar-refractivity contribution in [3.05, 3.63) is 47.8 Å². The minimum Gasteiger partial charge on any atom is -0.394 e. The van der Waals surface area contributed by atoms with E-state index in [0.717, 1.165) is 43.0 Å². The maximum absolute atomic E-state index is 11.7. The highest BCUT2D eigenvalue weighted by atomic mass is 16.3. The van der Waals surface area contributed by atoms with Crippen LogP contribution in [0.15, 0.2) is 36.7 Å². The van der Waals surface area contributed by atoms with Crippen LogP contribution in [-0.2, 0) is 6.42 Å². The molecule has 1 aliphatic heterocycles. The van der Waals surface area contributed by atoms with E-state index in [-0.39, 0.29) is 18.6 Å². The van der Waals surface area contributed by atoms with Gasteiger partial charge in [0, 0.05) is 31.8 Å². The molecular weight excluding hydrogens is 330 g/mol. The third-order valence-electron chi connectivity index (χ3n) is 4.67. The number of amides is 1. The van der Waals surface area contributed by atoms with Crippen LogP contribution in [0.5, 0.6) is 0 Å². The summed E-state index contributed by atoms with van der Waals surface area (Å²) in [5.74, 6) is 1.53. The number of benzene rings is 1. The second kappa shape index (κ2) is 8.62. The summed E-state index contributed by atoms with van der Waals surface area (Å²) in [5.41, 5.74) is 1.76. The topological polar surface area (TPSA) is 90.4 Å². The number of nitrogens with one attached hydrogen (secondary N) is 2. The summed E-state index contributed by atoms with van der Waals surface area (Å²) in [4.78, 5) is 22.5. The molecular formula is C19H25N5O2. The SMILES string of the molecule is CNC(=O)c1cccc(CCNc2cc(N3CCCC3CO)ncn2)c1. The second-order valence-corrected chi connectivity index (χ2v) is 6.39. The molecule has 2 heterocycles. The van der Waals surface area contributed by atoms with Gasteiger partial charge in [0.15, 0.2) is 0 Å². The molecule has 3 rings (SSSR count). The van der Waals surface area contributed by atoms with Crippen LogP contribution in [0.1, 0.15) is 28.8 Å². The van der Waals surface area contributed by atoms with Crippen molar-refractivity contribution in [2.45, 2.75) is 25.3 Å². The van der Waals surface area contributed by atoms with Crippen LogP contribution in [0, 0.1) is 0 Å². The number of aliphatic hydroxyl groups excluding tert-OH is 1. The lowest BCUT2D eigenvalue weighted by atomic mass is 10.1. The summed E-state index contributed by atoms with van der Waals surface area (Å²) in [6.07, 6.45) is 4.40. The molecule has 1 fully saturated rings. The molecule has 1 amide bonds. The second-order valence-electron chi connectivity index (χ2n) is 6.39. The van der Waals surface area contributed by atoms with Crippen molar-refractivity contribution in [3.63, 3.8) is 0 Å². The van der Waals surface area contributed by atoms with Gasteiger partial charge in [-0.2, -0.15) is 0 Å². The fourth-order valence-corrected chi connectivity index (χ4v) is 3.28. The average Bonchev–Trinajstić information content (AvgIpc) is 3.17. The van der Waals surface area contributed by atoms with Crippen molar-refractivity contribution < 1.29 is 9.90 Å². The van der Waals surface area contributed by atoms with Gasteiger partial charge in [-0.05, 0) is 37.0 Å².